The molecule has 164 valence electrons. The summed E-state index contributed by atoms with van der Waals surface area (Å²) in [6.07, 6.45) is -3.74. The second kappa shape index (κ2) is 8.14. The van der Waals surface area contributed by atoms with Gasteiger partial charge in [0.05, 0.1) is 37.5 Å². The molecule has 0 N–H and O–H groups in total. The molecular formula is C20H22F4N2O4. The van der Waals surface area contributed by atoms with Crippen LogP contribution < -0.4 is 0 Å². The third kappa shape index (κ3) is 4.44. The number of ketones is 1. The van der Waals surface area contributed by atoms with E-state index in [1.54, 1.807) is 9.80 Å². The molecule has 0 aromatic heterocycles. The molecule has 3 heterocycles. The molecule has 4 rings (SSSR count). The number of hydrogen-bond acceptors (Lipinski definition) is 4. The molecule has 1 aromatic rings. The van der Waals surface area contributed by atoms with Gasteiger partial charge in [-0.3, -0.25) is 4.79 Å². The van der Waals surface area contributed by atoms with E-state index < -0.39 is 17.6 Å². The maximum atomic E-state index is 13.9. The minimum Gasteiger partial charge on any atom is -0.370 e. The molecule has 0 saturated carbocycles. The lowest BCUT2D eigenvalue weighted by atomic mass is 9.88. The van der Waals surface area contributed by atoms with Gasteiger partial charge >= 0.3 is 12.2 Å². The zero-order chi connectivity index (χ0) is 21.5. The number of carbonyl (C=O) groups excluding carboxylic acids is 2. The average molecular weight is 430 g/mol. The number of likely N-dealkylation sites (tertiary alicyclic amines) is 2. The van der Waals surface area contributed by atoms with Crippen LogP contribution in [0, 0.1) is 11.7 Å². The van der Waals surface area contributed by atoms with E-state index in [2.05, 4.69) is 0 Å². The lowest BCUT2D eigenvalue weighted by Crippen LogP contribution is -2.61. The molecule has 2 amide bonds. The summed E-state index contributed by atoms with van der Waals surface area (Å²) in [5.41, 5.74) is -1.00. The molecule has 0 aliphatic carbocycles. The van der Waals surface area contributed by atoms with Gasteiger partial charge in [0.2, 0.25) is 0 Å². The predicted octanol–water partition coefficient (Wildman–Crippen LogP) is 2.85. The van der Waals surface area contributed by atoms with Crippen molar-refractivity contribution in [3.63, 3.8) is 0 Å². The number of ether oxygens (including phenoxy) is 2. The van der Waals surface area contributed by atoms with Crippen molar-refractivity contribution in [1.29, 1.82) is 0 Å². The van der Waals surface area contributed by atoms with Crippen molar-refractivity contribution in [2.45, 2.75) is 37.8 Å². The summed E-state index contributed by atoms with van der Waals surface area (Å²) >= 11 is 0. The lowest BCUT2D eigenvalue weighted by Gasteiger charge is -2.45. The van der Waals surface area contributed by atoms with Crippen LogP contribution in [0.3, 0.4) is 0 Å². The van der Waals surface area contributed by atoms with Crippen LogP contribution in [-0.2, 0) is 27.1 Å². The normalized spacial score (nSPS) is 25.1. The van der Waals surface area contributed by atoms with Gasteiger partial charge in [-0.05, 0) is 18.6 Å². The van der Waals surface area contributed by atoms with E-state index in [0.29, 0.717) is 45.1 Å². The van der Waals surface area contributed by atoms with Crippen molar-refractivity contribution in [2.24, 2.45) is 5.92 Å². The SMILES string of the molecule is O=C1CO[C@H]2CCN(C(=O)N3CC(OCc4ccc(C(F)(F)F)cc4F)C3)C[C@@H]2C1. The molecule has 3 aliphatic rings. The Labute approximate surface area is 170 Å². The first kappa shape index (κ1) is 21.0. The summed E-state index contributed by atoms with van der Waals surface area (Å²) in [5, 5.41) is 0. The number of alkyl halides is 3. The minimum atomic E-state index is -4.60. The summed E-state index contributed by atoms with van der Waals surface area (Å²) in [5.74, 6) is -0.886. The molecule has 3 saturated heterocycles. The van der Waals surface area contributed by atoms with Crippen LogP contribution >= 0.6 is 0 Å². The minimum absolute atomic E-state index is 0.0258. The zero-order valence-corrected chi connectivity index (χ0v) is 16.2. The van der Waals surface area contributed by atoms with Gasteiger partial charge in [0, 0.05) is 31.0 Å². The first-order valence-corrected chi connectivity index (χ1v) is 9.85. The highest BCUT2D eigenvalue weighted by molar-refractivity contribution is 5.81. The van der Waals surface area contributed by atoms with Gasteiger partial charge in [-0.1, -0.05) is 6.07 Å². The van der Waals surface area contributed by atoms with Crippen LogP contribution in [0.5, 0.6) is 0 Å². The number of fused-ring (bicyclic) bond motifs is 1. The molecule has 0 spiro atoms. The monoisotopic (exact) mass is 430 g/mol. The van der Waals surface area contributed by atoms with Crippen molar-refractivity contribution >= 4 is 11.8 Å². The van der Waals surface area contributed by atoms with Crippen LogP contribution in [-0.4, -0.2) is 66.6 Å². The number of amides is 2. The lowest BCUT2D eigenvalue weighted by molar-refractivity contribution is -0.140. The van der Waals surface area contributed by atoms with Gasteiger partial charge < -0.3 is 19.3 Å². The molecule has 0 bridgehead atoms. The standard InChI is InChI=1S/C20H22F4N2O4/c21-17-6-14(20(22,23)24)2-1-12(17)10-29-16-8-26(9-16)19(28)25-4-3-18-13(7-25)5-15(27)11-30-18/h1-2,6,13,16,18H,3-5,7-11H2/t13-,18-/m0/s1. The van der Waals surface area contributed by atoms with Crippen molar-refractivity contribution in [1.82, 2.24) is 9.80 Å². The Bertz CT molecular complexity index is 826. The Balaban J connectivity index is 1.23. The Morgan fingerprint density at radius 1 is 1.20 bits per heavy atom. The summed E-state index contributed by atoms with van der Waals surface area (Å²) in [6.45, 7) is 1.70. The van der Waals surface area contributed by atoms with Gasteiger partial charge in [-0.25, -0.2) is 9.18 Å². The largest absolute Gasteiger partial charge is 0.416 e. The van der Waals surface area contributed by atoms with Gasteiger partial charge in [0.25, 0.3) is 0 Å². The average Bonchev–Trinajstić information content (AvgIpc) is 2.66. The second-order valence-electron chi connectivity index (χ2n) is 8.01. The zero-order valence-electron chi connectivity index (χ0n) is 16.2. The quantitative estimate of drug-likeness (QED) is 0.692. The molecule has 2 atom stereocenters. The van der Waals surface area contributed by atoms with E-state index in [1.165, 1.54) is 0 Å². The number of urea groups is 1. The van der Waals surface area contributed by atoms with Crippen molar-refractivity contribution < 1.29 is 36.6 Å². The number of carbonyl (C=O) groups is 2. The Morgan fingerprint density at radius 2 is 1.97 bits per heavy atom. The summed E-state index contributed by atoms with van der Waals surface area (Å²) in [7, 11) is 0. The van der Waals surface area contributed by atoms with Crippen LogP contribution in [0.2, 0.25) is 0 Å². The Kier molecular flexibility index (Phi) is 5.71. The molecule has 3 aliphatic heterocycles. The van der Waals surface area contributed by atoms with E-state index in [-0.39, 0.29) is 48.7 Å². The molecule has 0 unspecified atom stereocenters. The number of piperidine rings is 1. The number of Topliss-reactive ketones (excluding diaryl/α,β-unsaturated/α-hetero) is 1. The van der Waals surface area contributed by atoms with Gasteiger partial charge in [0.1, 0.15) is 12.4 Å². The summed E-state index contributed by atoms with van der Waals surface area (Å²) in [6, 6.07) is 2.21. The number of hydrogen-bond donors (Lipinski definition) is 0. The van der Waals surface area contributed by atoms with Crippen molar-refractivity contribution in [3.8, 4) is 0 Å². The summed E-state index contributed by atoms with van der Waals surface area (Å²) < 4.78 is 62.7. The maximum absolute atomic E-state index is 13.9. The smallest absolute Gasteiger partial charge is 0.370 e. The van der Waals surface area contributed by atoms with Crippen LogP contribution in [0.1, 0.15) is 24.0 Å². The van der Waals surface area contributed by atoms with Gasteiger partial charge in [-0.15, -0.1) is 0 Å². The first-order chi connectivity index (χ1) is 14.2. The second-order valence-corrected chi connectivity index (χ2v) is 8.01. The summed E-state index contributed by atoms with van der Waals surface area (Å²) in [4.78, 5) is 27.6. The Morgan fingerprint density at radius 3 is 2.67 bits per heavy atom. The van der Waals surface area contributed by atoms with Crippen LogP contribution in [0.15, 0.2) is 18.2 Å². The van der Waals surface area contributed by atoms with E-state index in [1.807, 2.05) is 0 Å². The number of halogens is 4. The fourth-order valence-corrected chi connectivity index (χ4v) is 4.10. The van der Waals surface area contributed by atoms with Crippen molar-refractivity contribution in [3.05, 3.63) is 35.1 Å². The topological polar surface area (TPSA) is 59.1 Å². The van der Waals surface area contributed by atoms with E-state index in [0.717, 1.165) is 12.1 Å². The van der Waals surface area contributed by atoms with Crippen LogP contribution in [0.25, 0.3) is 0 Å². The highest BCUT2D eigenvalue weighted by Gasteiger charge is 2.40. The number of benzene rings is 1. The number of nitrogens with zero attached hydrogens (tertiary/aromatic N) is 2. The molecule has 1 aromatic carbocycles. The molecule has 6 nitrogen and oxygen atoms in total. The molecular weight excluding hydrogens is 408 g/mol. The maximum Gasteiger partial charge on any atom is 0.416 e. The van der Waals surface area contributed by atoms with E-state index in [9.17, 15) is 27.2 Å². The third-order valence-corrected chi connectivity index (χ3v) is 5.86. The molecule has 30 heavy (non-hydrogen) atoms. The van der Waals surface area contributed by atoms with Gasteiger partial charge in [0.15, 0.2) is 5.78 Å². The fourth-order valence-electron chi connectivity index (χ4n) is 4.10. The fraction of sp³-hybridized carbons (Fsp3) is 0.600. The molecule has 10 heteroatoms. The number of rotatable bonds is 3. The third-order valence-electron chi connectivity index (χ3n) is 5.86. The van der Waals surface area contributed by atoms with Crippen LogP contribution in [0.4, 0.5) is 22.4 Å². The predicted molar refractivity (Wildman–Crippen MR) is 96.0 cm³/mol. The van der Waals surface area contributed by atoms with Crippen molar-refractivity contribution in [2.75, 3.05) is 32.8 Å². The first-order valence-electron chi connectivity index (χ1n) is 9.85. The van der Waals surface area contributed by atoms with E-state index >= 15 is 0 Å². The molecule has 3 fully saturated rings. The highest BCUT2D eigenvalue weighted by Crippen LogP contribution is 2.31. The highest BCUT2D eigenvalue weighted by atomic mass is 19.4. The van der Waals surface area contributed by atoms with E-state index in [4.69, 9.17) is 9.47 Å². The molecule has 0 radical (unpaired) electrons. The van der Waals surface area contributed by atoms with Gasteiger partial charge in [-0.2, -0.15) is 13.2 Å². The Hall–Kier alpha value is -2.20.